The molecule has 1 heterocycles. The summed E-state index contributed by atoms with van der Waals surface area (Å²) in [6, 6.07) is 8.16. The summed E-state index contributed by atoms with van der Waals surface area (Å²) in [7, 11) is -2.83. The van der Waals surface area contributed by atoms with Crippen LogP contribution in [0.5, 0.6) is 0 Å². The SMILES string of the molecule is CNS(=O)(=O)c1ccc(Cl)c(C(=O)ON2C(=O)c3ccccc3C2=O)c1Cl. The van der Waals surface area contributed by atoms with E-state index in [9.17, 15) is 22.8 Å². The first-order chi connectivity index (χ1) is 12.7. The van der Waals surface area contributed by atoms with E-state index in [1.54, 1.807) is 12.1 Å². The first-order valence-corrected chi connectivity index (χ1v) is 9.54. The molecule has 0 bridgehead atoms. The number of nitrogens with one attached hydrogen (secondary N) is 1. The summed E-state index contributed by atoms with van der Waals surface area (Å²) in [6.07, 6.45) is 0. The van der Waals surface area contributed by atoms with E-state index in [1.807, 2.05) is 0 Å². The molecule has 0 atom stereocenters. The van der Waals surface area contributed by atoms with Crippen LogP contribution in [0.2, 0.25) is 10.0 Å². The molecule has 1 N–H and O–H groups in total. The lowest BCUT2D eigenvalue weighted by Crippen LogP contribution is -2.33. The zero-order chi connectivity index (χ0) is 19.9. The molecule has 0 saturated carbocycles. The molecule has 0 saturated heterocycles. The van der Waals surface area contributed by atoms with Gasteiger partial charge in [-0.15, -0.1) is 0 Å². The largest absolute Gasteiger partial charge is 0.367 e. The standard InChI is InChI=1S/C16H10Cl2N2O6S/c1-19-27(24,25)11-7-6-10(17)12(13(11)18)16(23)26-20-14(21)8-4-2-3-5-9(8)15(20)22/h2-7,19H,1H3. The number of amides is 2. The van der Waals surface area contributed by atoms with Gasteiger partial charge in [0.1, 0.15) is 10.5 Å². The Morgan fingerprint density at radius 2 is 1.59 bits per heavy atom. The molecule has 0 aromatic heterocycles. The van der Waals surface area contributed by atoms with Gasteiger partial charge in [-0.2, -0.15) is 0 Å². The van der Waals surface area contributed by atoms with E-state index >= 15 is 0 Å². The van der Waals surface area contributed by atoms with Crippen molar-refractivity contribution in [3.63, 3.8) is 0 Å². The molecule has 11 heteroatoms. The van der Waals surface area contributed by atoms with Gasteiger partial charge >= 0.3 is 5.97 Å². The summed E-state index contributed by atoms with van der Waals surface area (Å²) in [5, 5.41) is -0.436. The van der Waals surface area contributed by atoms with E-state index in [0.717, 1.165) is 19.2 Å². The second-order valence-corrected chi connectivity index (χ2v) is 7.91. The quantitative estimate of drug-likeness (QED) is 0.747. The fourth-order valence-corrected chi connectivity index (χ4v) is 4.05. The van der Waals surface area contributed by atoms with E-state index in [2.05, 4.69) is 4.72 Å². The summed E-state index contributed by atoms with van der Waals surface area (Å²) in [6.45, 7) is 0. The van der Waals surface area contributed by atoms with Crippen LogP contribution in [-0.4, -0.2) is 38.3 Å². The van der Waals surface area contributed by atoms with Crippen LogP contribution in [0.3, 0.4) is 0 Å². The van der Waals surface area contributed by atoms with E-state index in [4.69, 9.17) is 28.0 Å². The highest BCUT2D eigenvalue weighted by molar-refractivity contribution is 7.89. The van der Waals surface area contributed by atoms with E-state index < -0.39 is 43.3 Å². The van der Waals surface area contributed by atoms with Crippen LogP contribution in [0.4, 0.5) is 0 Å². The van der Waals surface area contributed by atoms with Crippen molar-refractivity contribution < 1.29 is 27.6 Å². The molecule has 2 aromatic rings. The second kappa shape index (κ2) is 6.93. The number of fused-ring (bicyclic) bond motifs is 1. The Kier molecular flexibility index (Phi) is 4.96. The van der Waals surface area contributed by atoms with Crippen molar-refractivity contribution >= 4 is 51.0 Å². The van der Waals surface area contributed by atoms with Crippen molar-refractivity contribution in [1.82, 2.24) is 9.79 Å². The van der Waals surface area contributed by atoms with Gasteiger partial charge in [0.25, 0.3) is 11.8 Å². The lowest BCUT2D eigenvalue weighted by Gasteiger charge is -2.15. The van der Waals surface area contributed by atoms with Crippen LogP contribution >= 0.6 is 23.2 Å². The molecular formula is C16H10Cl2N2O6S. The predicted octanol–water partition coefficient (Wildman–Crippen LogP) is 2.27. The van der Waals surface area contributed by atoms with Gasteiger partial charge in [0.05, 0.1) is 21.2 Å². The normalized spacial score (nSPS) is 13.7. The van der Waals surface area contributed by atoms with Crippen LogP contribution in [-0.2, 0) is 14.9 Å². The smallest absolute Gasteiger partial charge is 0.324 e. The van der Waals surface area contributed by atoms with Crippen LogP contribution in [0.25, 0.3) is 0 Å². The minimum absolute atomic E-state index is 0.0685. The number of sulfonamides is 1. The fraction of sp³-hybridized carbons (Fsp3) is 0.0625. The van der Waals surface area contributed by atoms with Gasteiger partial charge in [-0.3, -0.25) is 9.59 Å². The maximum Gasteiger partial charge on any atom is 0.367 e. The van der Waals surface area contributed by atoms with Crippen LogP contribution in [0, 0.1) is 0 Å². The summed E-state index contributed by atoms with van der Waals surface area (Å²) < 4.78 is 26.0. The third-order valence-electron chi connectivity index (χ3n) is 3.75. The molecule has 3 rings (SSSR count). The van der Waals surface area contributed by atoms with E-state index in [0.29, 0.717) is 0 Å². The Bertz CT molecular complexity index is 1070. The van der Waals surface area contributed by atoms with Gasteiger partial charge < -0.3 is 4.84 Å². The number of hydrogen-bond acceptors (Lipinski definition) is 6. The number of hydroxylamine groups is 2. The molecule has 0 radical (unpaired) electrons. The minimum atomic E-state index is -3.99. The Balaban J connectivity index is 1.98. The Morgan fingerprint density at radius 3 is 2.11 bits per heavy atom. The Morgan fingerprint density at radius 1 is 1.04 bits per heavy atom. The molecule has 0 aliphatic carbocycles. The lowest BCUT2D eigenvalue weighted by molar-refractivity contribution is -0.0584. The third-order valence-corrected chi connectivity index (χ3v) is 6.03. The van der Waals surface area contributed by atoms with Crippen molar-refractivity contribution in [2.24, 2.45) is 0 Å². The van der Waals surface area contributed by atoms with Crippen LogP contribution in [0.1, 0.15) is 31.1 Å². The van der Waals surface area contributed by atoms with Gasteiger partial charge in [-0.1, -0.05) is 40.4 Å². The molecule has 8 nitrogen and oxygen atoms in total. The van der Waals surface area contributed by atoms with Crippen molar-refractivity contribution in [2.45, 2.75) is 4.90 Å². The highest BCUT2D eigenvalue weighted by atomic mass is 35.5. The molecule has 2 aromatic carbocycles. The monoisotopic (exact) mass is 428 g/mol. The van der Waals surface area contributed by atoms with Crippen LogP contribution < -0.4 is 4.72 Å². The maximum absolute atomic E-state index is 12.5. The molecule has 1 aliphatic rings. The number of hydrogen-bond donors (Lipinski definition) is 1. The number of carbonyl (C=O) groups excluding carboxylic acids is 3. The third kappa shape index (κ3) is 3.19. The van der Waals surface area contributed by atoms with Crippen LogP contribution in [0.15, 0.2) is 41.3 Å². The molecule has 27 heavy (non-hydrogen) atoms. The number of imide groups is 1. The average molecular weight is 429 g/mol. The Hall–Kier alpha value is -2.46. The summed E-state index contributed by atoms with van der Waals surface area (Å²) >= 11 is 12.0. The van der Waals surface area contributed by atoms with Gasteiger partial charge in [0.2, 0.25) is 10.0 Å². The molecule has 0 unspecified atom stereocenters. The highest BCUT2D eigenvalue weighted by Gasteiger charge is 2.39. The first kappa shape index (κ1) is 19.3. The van der Waals surface area contributed by atoms with Crippen molar-refractivity contribution in [3.05, 3.63) is 63.1 Å². The summed E-state index contributed by atoms with van der Waals surface area (Å²) in [4.78, 5) is 41.5. The average Bonchev–Trinajstić information content (AvgIpc) is 2.87. The van der Waals surface area contributed by atoms with E-state index in [1.165, 1.54) is 12.1 Å². The maximum atomic E-state index is 12.5. The molecule has 1 aliphatic heterocycles. The van der Waals surface area contributed by atoms with Crippen molar-refractivity contribution in [3.8, 4) is 0 Å². The number of rotatable bonds is 4. The van der Waals surface area contributed by atoms with Crippen molar-refractivity contribution in [2.75, 3.05) is 7.05 Å². The molecule has 0 fully saturated rings. The first-order valence-electron chi connectivity index (χ1n) is 7.30. The number of nitrogens with zero attached hydrogens (tertiary/aromatic N) is 1. The zero-order valence-electron chi connectivity index (χ0n) is 13.5. The predicted molar refractivity (Wildman–Crippen MR) is 95.1 cm³/mol. The molecule has 2 amide bonds. The summed E-state index contributed by atoms with van der Waals surface area (Å²) in [5.74, 6) is -2.93. The lowest BCUT2D eigenvalue weighted by atomic mass is 10.1. The van der Waals surface area contributed by atoms with Crippen molar-refractivity contribution in [1.29, 1.82) is 0 Å². The second-order valence-electron chi connectivity index (χ2n) is 5.27. The topological polar surface area (TPSA) is 110 Å². The highest BCUT2D eigenvalue weighted by Crippen LogP contribution is 2.32. The number of carbonyl (C=O) groups is 3. The van der Waals surface area contributed by atoms with Gasteiger partial charge in [-0.05, 0) is 31.3 Å². The Labute approximate surface area is 163 Å². The van der Waals surface area contributed by atoms with E-state index in [-0.39, 0.29) is 21.2 Å². The zero-order valence-corrected chi connectivity index (χ0v) is 15.9. The fourth-order valence-electron chi connectivity index (χ4n) is 2.42. The number of benzene rings is 2. The number of halogens is 2. The summed E-state index contributed by atoms with van der Waals surface area (Å²) in [5.41, 5.74) is -0.357. The molecule has 140 valence electrons. The van der Waals surface area contributed by atoms with Gasteiger partial charge in [0.15, 0.2) is 0 Å². The van der Waals surface area contributed by atoms with Gasteiger partial charge in [0, 0.05) is 0 Å². The van der Waals surface area contributed by atoms with Gasteiger partial charge in [-0.25, -0.2) is 17.9 Å². The minimum Gasteiger partial charge on any atom is -0.324 e. The molecular weight excluding hydrogens is 419 g/mol. The molecule has 0 spiro atoms.